The highest BCUT2D eigenvalue weighted by atomic mass is 16.3. The van der Waals surface area contributed by atoms with Crippen molar-refractivity contribution < 1.29 is 9.21 Å². The number of hydrogen-bond acceptors (Lipinski definition) is 6. The Balaban J connectivity index is 1.65. The molecule has 0 aliphatic rings. The molecule has 26 heavy (non-hydrogen) atoms. The van der Waals surface area contributed by atoms with Crippen LogP contribution in [0, 0.1) is 6.92 Å². The van der Waals surface area contributed by atoms with Gasteiger partial charge in [0.2, 0.25) is 5.95 Å². The molecule has 3 aromatic heterocycles. The van der Waals surface area contributed by atoms with Crippen molar-refractivity contribution in [3.63, 3.8) is 0 Å². The summed E-state index contributed by atoms with van der Waals surface area (Å²) in [6.45, 7) is 2.91. The standard InChI is InChI=1S/C19H21N5O2/c1-14-12-17(18(25)21-13-16-4-3-11-26-16)23-19(22-14)24(2)10-7-15-5-8-20-9-6-15/h3-6,8-9,11-12H,7,10,13H2,1-2H3,(H,21,25). The first-order chi connectivity index (χ1) is 12.6. The van der Waals surface area contributed by atoms with Gasteiger partial charge in [-0.05, 0) is 49.2 Å². The summed E-state index contributed by atoms with van der Waals surface area (Å²) in [5, 5.41) is 2.80. The summed E-state index contributed by atoms with van der Waals surface area (Å²) in [7, 11) is 1.92. The van der Waals surface area contributed by atoms with Gasteiger partial charge in [-0.25, -0.2) is 9.97 Å². The van der Waals surface area contributed by atoms with E-state index in [1.807, 2.05) is 37.1 Å². The van der Waals surface area contributed by atoms with Gasteiger partial charge in [-0.15, -0.1) is 0 Å². The molecular weight excluding hydrogens is 330 g/mol. The first kappa shape index (κ1) is 17.6. The van der Waals surface area contributed by atoms with E-state index in [0.29, 0.717) is 23.9 Å². The third kappa shape index (κ3) is 4.66. The van der Waals surface area contributed by atoms with Crippen molar-refractivity contribution >= 4 is 11.9 Å². The van der Waals surface area contributed by atoms with Crippen molar-refractivity contribution in [1.82, 2.24) is 20.3 Å². The Bertz CT molecular complexity index is 850. The van der Waals surface area contributed by atoms with Crippen molar-refractivity contribution in [3.05, 3.63) is 71.7 Å². The van der Waals surface area contributed by atoms with Crippen LogP contribution in [0.5, 0.6) is 0 Å². The van der Waals surface area contributed by atoms with Crippen molar-refractivity contribution in [2.75, 3.05) is 18.5 Å². The quantitative estimate of drug-likeness (QED) is 0.703. The number of carbonyl (C=O) groups excluding carboxylic acids is 1. The average Bonchev–Trinajstić information content (AvgIpc) is 3.18. The van der Waals surface area contributed by atoms with Crippen LogP contribution in [0.15, 0.2) is 53.4 Å². The van der Waals surface area contributed by atoms with E-state index in [0.717, 1.165) is 18.7 Å². The Morgan fingerprint density at radius 2 is 2.04 bits per heavy atom. The monoisotopic (exact) mass is 351 g/mol. The van der Waals surface area contributed by atoms with Crippen molar-refractivity contribution in [3.8, 4) is 0 Å². The molecule has 134 valence electrons. The number of pyridine rings is 1. The first-order valence-corrected chi connectivity index (χ1v) is 8.38. The van der Waals surface area contributed by atoms with Crippen LogP contribution in [-0.2, 0) is 13.0 Å². The minimum absolute atomic E-state index is 0.254. The van der Waals surface area contributed by atoms with Gasteiger partial charge in [0.05, 0.1) is 12.8 Å². The summed E-state index contributed by atoms with van der Waals surface area (Å²) in [4.78, 5) is 27.2. The van der Waals surface area contributed by atoms with Crippen LogP contribution >= 0.6 is 0 Å². The molecule has 0 radical (unpaired) electrons. The van der Waals surface area contributed by atoms with Crippen molar-refractivity contribution in [2.24, 2.45) is 0 Å². The van der Waals surface area contributed by atoms with Gasteiger partial charge in [0.15, 0.2) is 0 Å². The molecule has 0 aliphatic heterocycles. The fourth-order valence-electron chi connectivity index (χ4n) is 2.46. The zero-order valence-electron chi connectivity index (χ0n) is 14.8. The lowest BCUT2D eigenvalue weighted by atomic mass is 10.2. The van der Waals surface area contributed by atoms with Gasteiger partial charge in [0.25, 0.3) is 5.91 Å². The molecule has 3 rings (SSSR count). The maximum Gasteiger partial charge on any atom is 0.270 e. The van der Waals surface area contributed by atoms with Gasteiger partial charge in [-0.1, -0.05) is 0 Å². The molecule has 0 aromatic carbocycles. The zero-order valence-corrected chi connectivity index (χ0v) is 14.8. The molecule has 3 aromatic rings. The molecular formula is C19H21N5O2. The van der Waals surface area contributed by atoms with Gasteiger partial charge in [-0.2, -0.15) is 0 Å². The van der Waals surface area contributed by atoms with E-state index in [9.17, 15) is 4.79 Å². The second-order valence-electron chi connectivity index (χ2n) is 5.98. The SMILES string of the molecule is Cc1cc(C(=O)NCc2ccco2)nc(N(C)CCc2ccncc2)n1. The van der Waals surface area contributed by atoms with E-state index >= 15 is 0 Å². The summed E-state index contributed by atoms with van der Waals surface area (Å²) >= 11 is 0. The lowest BCUT2D eigenvalue weighted by Gasteiger charge is -2.18. The van der Waals surface area contributed by atoms with E-state index in [1.54, 1.807) is 30.8 Å². The van der Waals surface area contributed by atoms with Crippen LogP contribution < -0.4 is 10.2 Å². The number of hydrogen-bond donors (Lipinski definition) is 1. The minimum Gasteiger partial charge on any atom is -0.467 e. The van der Waals surface area contributed by atoms with Gasteiger partial charge in [-0.3, -0.25) is 9.78 Å². The molecule has 0 saturated carbocycles. The van der Waals surface area contributed by atoms with E-state index in [2.05, 4.69) is 20.3 Å². The third-order valence-corrected chi connectivity index (χ3v) is 3.90. The topological polar surface area (TPSA) is 84.2 Å². The highest BCUT2D eigenvalue weighted by Crippen LogP contribution is 2.11. The number of aryl methyl sites for hydroxylation is 1. The molecule has 3 heterocycles. The molecule has 0 spiro atoms. The van der Waals surface area contributed by atoms with Gasteiger partial charge in [0.1, 0.15) is 11.5 Å². The molecule has 0 atom stereocenters. The first-order valence-electron chi connectivity index (χ1n) is 8.38. The van der Waals surface area contributed by atoms with Crippen LogP contribution in [0.4, 0.5) is 5.95 Å². The molecule has 1 N–H and O–H groups in total. The Hall–Kier alpha value is -3.22. The number of rotatable bonds is 7. The van der Waals surface area contributed by atoms with Crippen LogP contribution in [0.3, 0.4) is 0 Å². The summed E-state index contributed by atoms with van der Waals surface area (Å²) in [5.41, 5.74) is 2.28. The third-order valence-electron chi connectivity index (χ3n) is 3.90. The number of carbonyl (C=O) groups is 1. The lowest BCUT2D eigenvalue weighted by molar-refractivity contribution is 0.0943. The minimum atomic E-state index is -0.254. The fourth-order valence-corrected chi connectivity index (χ4v) is 2.46. The van der Waals surface area contributed by atoms with Gasteiger partial charge in [0, 0.05) is 31.7 Å². The molecule has 0 fully saturated rings. The number of amides is 1. The van der Waals surface area contributed by atoms with Gasteiger partial charge >= 0.3 is 0 Å². The maximum absolute atomic E-state index is 12.4. The Labute approximate surface area is 152 Å². The summed E-state index contributed by atoms with van der Waals surface area (Å²) < 4.78 is 5.22. The summed E-state index contributed by atoms with van der Waals surface area (Å²) in [6.07, 6.45) is 5.97. The van der Waals surface area contributed by atoms with Gasteiger partial charge < -0.3 is 14.6 Å². The smallest absolute Gasteiger partial charge is 0.270 e. The summed E-state index contributed by atoms with van der Waals surface area (Å²) in [5.74, 6) is 0.969. The fraction of sp³-hybridized carbons (Fsp3) is 0.263. The molecule has 7 heteroatoms. The van der Waals surface area contributed by atoms with E-state index in [4.69, 9.17) is 4.42 Å². The zero-order chi connectivity index (χ0) is 18.4. The predicted octanol–water partition coefficient (Wildman–Crippen LogP) is 2.38. The van der Waals surface area contributed by atoms with E-state index in [1.165, 1.54) is 5.56 Å². The molecule has 7 nitrogen and oxygen atoms in total. The predicted molar refractivity (Wildman–Crippen MR) is 97.9 cm³/mol. The second kappa shape index (κ2) is 8.24. The number of nitrogens with one attached hydrogen (secondary N) is 1. The number of aromatic nitrogens is 3. The molecule has 1 amide bonds. The van der Waals surface area contributed by atoms with Crippen LogP contribution in [0.1, 0.15) is 27.5 Å². The average molecular weight is 351 g/mol. The maximum atomic E-state index is 12.4. The van der Waals surface area contributed by atoms with Crippen LogP contribution in [-0.4, -0.2) is 34.5 Å². The van der Waals surface area contributed by atoms with Crippen molar-refractivity contribution in [1.29, 1.82) is 0 Å². The van der Waals surface area contributed by atoms with Crippen molar-refractivity contribution in [2.45, 2.75) is 19.9 Å². The van der Waals surface area contributed by atoms with Crippen LogP contribution in [0.25, 0.3) is 0 Å². The highest BCUT2D eigenvalue weighted by Gasteiger charge is 2.13. The molecule has 0 saturated heterocycles. The summed E-state index contributed by atoms with van der Waals surface area (Å²) in [6, 6.07) is 9.24. The highest BCUT2D eigenvalue weighted by molar-refractivity contribution is 5.92. The Kier molecular flexibility index (Phi) is 5.58. The number of anilines is 1. The molecule has 0 aliphatic carbocycles. The van der Waals surface area contributed by atoms with Crippen LogP contribution in [0.2, 0.25) is 0 Å². The van der Waals surface area contributed by atoms with E-state index in [-0.39, 0.29) is 5.91 Å². The van der Waals surface area contributed by atoms with E-state index < -0.39 is 0 Å². The largest absolute Gasteiger partial charge is 0.467 e. The normalized spacial score (nSPS) is 10.5. The Morgan fingerprint density at radius 1 is 1.23 bits per heavy atom. The number of nitrogens with zero attached hydrogens (tertiary/aromatic N) is 4. The molecule has 0 unspecified atom stereocenters. The number of furan rings is 1. The number of likely N-dealkylation sites (N-methyl/N-ethyl adjacent to an activating group) is 1. The Morgan fingerprint density at radius 3 is 2.77 bits per heavy atom. The lowest BCUT2D eigenvalue weighted by Crippen LogP contribution is -2.27. The second-order valence-corrected chi connectivity index (χ2v) is 5.98. The molecule has 0 bridgehead atoms.